The normalized spacial score (nSPS) is 10.0. The summed E-state index contributed by atoms with van der Waals surface area (Å²) in [7, 11) is 0. The molecule has 102 valence electrons. The van der Waals surface area contributed by atoms with E-state index in [9.17, 15) is 19.8 Å². The SMILES string of the molecule is O=C(Nc1cccc(C(=O)O)c1O)c1cncc(O)c1. The van der Waals surface area contributed by atoms with Gasteiger partial charge in [-0.15, -0.1) is 0 Å². The molecule has 20 heavy (non-hydrogen) atoms. The fourth-order valence-electron chi connectivity index (χ4n) is 1.56. The van der Waals surface area contributed by atoms with Gasteiger partial charge in [0.1, 0.15) is 11.3 Å². The van der Waals surface area contributed by atoms with E-state index in [-0.39, 0.29) is 22.6 Å². The molecule has 0 atom stereocenters. The number of carbonyl (C=O) groups is 2. The predicted octanol–water partition coefficient (Wildman–Crippen LogP) is 1.44. The number of amides is 1. The molecule has 4 N–H and O–H groups in total. The molecule has 0 radical (unpaired) electrons. The average Bonchev–Trinajstić information content (AvgIpc) is 2.40. The first kappa shape index (κ1) is 13.3. The lowest BCUT2D eigenvalue weighted by molar-refractivity contribution is 0.0693. The molecule has 0 fully saturated rings. The van der Waals surface area contributed by atoms with Gasteiger partial charge >= 0.3 is 5.97 Å². The fourth-order valence-corrected chi connectivity index (χ4v) is 1.56. The molecule has 0 spiro atoms. The minimum absolute atomic E-state index is 0.0433. The quantitative estimate of drug-likeness (QED) is 0.629. The van der Waals surface area contributed by atoms with E-state index < -0.39 is 17.6 Å². The molecule has 7 heteroatoms. The molecule has 7 nitrogen and oxygen atoms in total. The molecular formula is C13H10N2O5. The number of pyridine rings is 1. The number of para-hydroxylation sites is 1. The van der Waals surface area contributed by atoms with Crippen LogP contribution in [0.15, 0.2) is 36.7 Å². The zero-order chi connectivity index (χ0) is 14.7. The van der Waals surface area contributed by atoms with Crippen molar-refractivity contribution >= 4 is 17.6 Å². The predicted molar refractivity (Wildman–Crippen MR) is 68.9 cm³/mol. The molecule has 1 aromatic carbocycles. The van der Waals surface area contributed by atoms with Gasteiger partial charge in [-0.25, -0.2) is 4.79 Å². The molecule has 0 bridgehead atoms. The van der Waals surface area contributed by atoms with Crippen LogP contribution in [0.4, 0.5) is 5.69 Å². The largest absolute Gasteiger partial charge is 0.506 e. The number of nitrogens with one attached hydrogen (secondary N) is 1. The van der Waals surface area contributed by atoms with E-state index in [1.54, 1.807) is 0 Å². The maximum absolute atomic E-state index is 11.9. The first-order valence-electron chi connectivity index (χ1n) is 5.49. The van der Waals surface area contributed by atoms with Crippen molar-refractivity contribution in [3.05, 3.63) is 47.8 Å². The third kappa shape index (κ3) is 2.66. The molecule has 0 saturated carbocycles. The maximum atomic E-state index is 11.9. The Morgan fingerprint density at radius 1 is 1.15 bits per heavy atom. The Balaban J connectivity index is 2.29. The van der Waals surface area contributed by atoms with Crippen LogP contribution in [0.2, 0.25) is 0 Å². The van der Waals surface area contributed by atoms with E-state index in [0.717, 1.165) is 0 Å². The van der Waals surface area contributed by atoms with Crippen LogP contribution >= 0.6 is 0 Å². The minimum Gasteiger partial charge on any atom is -0.506 e. The monoisotopic (exact) mass is 274 g/mol. The van der Waals surface area contributed by atoms with Gasteiger partial charge < -0.3 is 20.6 Å². The van der Waals surface area contributed by atoms with Gasteiger partial charge in [0.2, 0.25) is 0 Å². The maximum Gasteiger partial charge on any atom is 0.339 e. The van der Waals surface area contributed by atoms with E-state index in [4.69, 9.17) is 5.11 Å². The summed E-state index contributed by atoms with van der Waals surface area (Å²) in [5.41, 5.74) is -0.291. The number of anilines is 1. The number of rotatable bonds is 3. The van der Waals surface area contributed by atoms with Crippen LogP contribution in [-0.2, 0) is 0 Å². The number of nitrogens with zero attached hydrogens (tertiary/aromatic N) is 1. The van der Waals surface area contributed by atoms with Crippen LogP contribution in [0.25, 0.3) is 0 Å². The lowest BCUT2D eigenvalue weighted by Crippen LogP contribution is -2.13. The number of aromatic hydroxyl groups is 2. The van der Waals surface area contributed by atoms with Gasteiger partial charge in [0.25, 0.3) is 5.91 Å². The van der Waals surface area contributed by atoms with Crippen molar-refractivity contribution in [2.75, 3.05) is 5.32 Å². The van der Waals surface area contributed by atoms with Crippen molar-refractivity contribution < 1.29 is 24.9 Å². The van der Waals surface area contributed by atoms with Crippen molar-refractivity contribution in [3.8, 4) is 11.5 Å². The molecule has 0 unspecified atom stereocenters. The van der Waals surface area contributed by atoms with Crippen molar-refractivity contribution in [3.63, 3.8) is 0 Å². The highest BCUT2D eigenvalue weighted by Crippen LogP contribution is 2.27. The number of aromatic carboxylic acids is 1. The first-order chi connectivity index (χ1) is 9.49. The number of carbonyl (C=O) groups excluding carboxylic acids is 1. The number of benzene rings is 1. The smallest absolute Gasteiger partial charge is 0.339 e. The van der Waals surface area contributed by atoms with Gasteiger partial charge in [-0.2, -0.15) is 0 Å². The second-order valence-electron chi connectivity index (χ2n) is 3.89. The van der Waals surface area contributed by atoms with Gasteiger partial charge in [-0.3, -0.25) is 9.78 Å². The van der Waals surface area contributed by atoms with Gasteiger partial charge in [0.05, 0.1) is 17.4 Å². The van der Waals surface area contributed by atoms with E-state index >= 15 is 0 Å². The Bertz CT molecular complexity index is 684. The summed E-state index contributed by atoms with van der Waals surface area (Å²) < 4.78 is 0. The molecule has 0 aliphatic rings. The molecule has 1 aromatic heterocycles. The molecule has 2 aromatic rings. The van der Waals surface area contributed by atoms with Crippen molar-refractivity contribution in [2.45, 2.75) is 0 Å². The molecule has 1 heterocycles. The third-order valence-electron chi connectivity index (χ3n) is 2.50. The Hall–Kier alpha value is -3.09. The zero-order valence-electron chi connectivity index (χ0n) is 10.1. The Labute approximate surface area is 113 Å². The Morgan fingerprint density at radius 2 is 1.90 bits per heavy atom. The Morgan fingerprint density at radius 3 is 2.55 bits per heavy atom. The standard InChI is InChI=1S/C13H10N2O5/c16-8-4-7(5-14-6-8)12(18)15-10-3-1-2-9(11(10)17)13(19)20/h1-6,16-17H,(H,15,18)(H,19,20). The number of hydrogen-bond donors (Lipinski definition) is 4. The fraction of sp³-hybridized carbons (Fsp3) is 0. The molecule has 0 saturated heterocycles. The number of aromatic nitrogens is 1. The van der Waals surface area contributed by atoms with Gasteiger partial charge in [0, 0.05) is 6.20 Å². The topological polar surface area (TPSA) is 120 Å². The molecule has 1 amide bonds. The highest BCUT2D eigenvalue weighted by Gasteiger charge is 2.15. The van der Waals surface area contributed by atoms with E-state index in [2.05, 4.69) is 10.3 Å². The summed E-state index contributed by atoms with van der Waals surface area (Å²) in [6.45, 7) is 0. The highest BCUT2D eigenvalue weighted by molar-refractivity contribution is 6.06. The summed E-state index contributed by atoms with van der Waals surface area (Å²) in [5, 5.41) is 30.2. The van der Waals surface area contributed by atoms with Crippen LogP contribution in [0.1, 0.15) is 20.7 Å². The lowest BCUT2D eigenvalue weighted by atomic mass is 10.1. The molecule has 0 aliphatic carbocycles. The Kier molecular flexibility index (Phi) is 3.52. The van der Waals surface area contributed by atoms with Gasteiger partial charge in [-0.05, 0) is 18.2 Å². The summed E-state index contributed by atoms with van der Waals surface area (Å²) in [6.07, 6.45) is 2.40. The van der Waals surface area contributed by atoms with Crippen LogP contribution in [0, 0.1) is 0 Å². The molecule has 2 rings (SSSR count). The third-order valence-corrected chi connectivity index (χ3v) is 2.50. The van der Waals surface area contributed by atoms with Crippen LogP contribution in [-0.4, -0.2) is 32.2 Å². The number of hydrogen-bond acceptors (Lipinski definition) is 5. The second-order valence-corrected chi connectivity index (χ2v) is 3.89. The zero-order valence-corrected chi connectivity index (χ0v) is 10.1. The first-order valence-corrected chi connectivity index (χ1v) is 5.49. The second kappa shape index (κ2) is 5.27. The highest BCUT2D eigenvalue weighted by atomic mass is 16.4. The van der Waals surface area contributed by atoms with Crippen molar-refractivity contribution in [1.82, 2.24) is 4.98 Å². The van der Waals surface area contributed by atoms with Crippen molar-refractivity contribution in [1.29, 1.82) is 0 Å². The molecule has 0 aliphatic heterocycles. The van der Waals surface area contributed by atoms with Crippen LogP contribution in [0.5, 0.6) is 11.5 Å². The summed E-state index contributed by atoms with van der Waals surface area (Å²) in [4.78, 5) is 26.4. The summed E-state index contributed by atoms with van der Waals surface area (Å²) >= 11 is 0. The number of carboxylic acid groups (broad SMARTS) is 1. The number of carboxylic acids is 1. The molecular weight excluding hydrogens is 264 g/mol. The van der Waals surface area contributed by atoms with E-state index in [0.29, 0.717) is 0 Å². The van der Waals surface area contributed by atoms with Crippen molar-refractivity contribution in [2.24, 2.45) is 0 Å². The average molecular weight is 274 g/mol. The number of phenols is 1. The minimum atomic E-state index is -1.31. The van der Waals surface area contributed by atoms with Crippen LogP contribution < -0.4 is 5.32 Å². The van der Waals surface area contributed by atoms with E-state index in [1.807, 2.05) is 0 Å². The summed E-state index contributed by atoms with van der Waals surface area (Å²) in [5.74, 6) is -2.66. The summed E-state index contributed by atoms with van der Waals surface area (Å²) in [6, 6.07) is 5.15. The van der Waals surface area contributed by atoms with E-state index in [1.165, 1.54) is 36.7 Å². The van der Waals surface area contributed by atoms with Gasteiger partial charge in [-0.1, -0.05) is 6.07 Å². The lowest BCUT2D eigenvalue weighted by Gasteiger charge is -2.09. The van der Waals surface area contributed by atoms with Crippen LogP contribution in [0.3, 0.4) is 0 Å². The van der Waals surface area contributed by atoms with Gasteiger partial charge in [0.15, 0.2) is 5.75 Å².